The highest BCUT2D eigenvalue weighted by atomic mass is 19.3. The molecule has 7 nitrogen and oxygen atoms in total. The van der Waals surface area contributed by atoms with Gasteiger partial charge >= 0.3 is 11.8 Å². The van der Waals surface area contributed by atoms with E-state index in [1.165, 1.54) is 6.92 Å². The van der Waals surface area contributed by atoms with E-state index in [0.717, 1.165) is 0 Å². The molecular weight excluding hydrogens is 252 g/mol. The molecule has 0 atom stereocenters. The lowest BCUT2D eigenvalue weighted by molar-refractivity contribution is -0.388. The van der Waals surface area contributed by atoms with E-state index in [0.29, 0.717) is 6.20 Å². The first-order chi connectivity index (χ1) is 8.40. The molecule has 2 N–H and O–H groups in total. The van der Waals surface area contributed by atoms with E-state index >= 15 is 0 Å². The predicted octanol–water partition coefficient (Wildman–Crippen LogP) is 1.69. The van der Waals surface area contributed by atoms with Crippen molar-refractivity contribution in [3.8, 4) is 0 Å². The molecule has 0 saturated heterocycles. The molecule has 0 bridgehead atoms. The molecule has 0 fully saturated rings. The highest BCUT2D eigenvalue weighted by molar-refractivity contribution is 5.93. The Morgan fingerprint density at radius 1 is 1.67 bits per heavy atom. The molecule has 0 aliphatic carbocycles. The fourth-order valence-electron chi connectivity index (χ4n) is 1.28. The molecule has 1 heterocycles. The Hall–Kier alpha value is -2.32. The molecule has 1 aromatic rings. The Labute approximate surface area is 99.7 Å². The summed E-state index contributed by atoms with van der Waals surface area (Å²) in [6.07, 6.45) is -2.49. The second kappa shape index (κ2) is 5.34. The highest BCUT2D eigenvalue weighted by Crippen LogP contribution is 2.33. The van der Waals surface area contributed by atoms with Crippen molar-refractivity contribution in [1.29, 1.82) is 0 Å². The van der Waals surface area contributed by atoms with Gasteiger partial charge in [0.05, 0.1) is 12.2 Å². The number of alkyl halides is 2. The van der Waals surface area contributed by atoms with Crippen molar-refractivity contribution in [1.82, 2.24) is 4.98 Å². The average Bonchev–Trinajstić information content (AvgIpc) is 2.27. The van der Waals surface area contributed by atoms with Crippen molar-refractivity contribution in [2.24, 2.45) is 0 Å². The van der Waals surface area contributed by atoms with Gasteiger partial charge in [0.25, 0.3) is 6.43 Å². The molecule has 0 aliphatic rings. The molecule has 0 saturated carbocycles. The molecule has 9 heteroatoms. The Morgan fingerprint density at radius 2 is 2.28 bits per heavy atom. The van der Waals surface area contributed by atoms with Crippen LogP contribution >= 0.6 is 0 Å². The van der Waals surface area contributed by atoms with Crippen LogP contribution in [0.25, 0.3) is 0 Å². The third kappa shape index (κ3) is 2.50. The maximum absolute atomic E-state index is 12.8. The van der Waals surface area contributed by atoms with Crippen LogP contribution in [0, 0.1) is 10.1 Å². The number of nitrogens with zero attached hydrogens (tertiary/aromatic N) is 2. The maximum Gasteiger partial charge on any atom is 0.387 e. The fraction of sp³-hybridized carbons (Fsp3) is 0.333. The van der Waals surface area contributed by atoms with Crippen LogP contribution in [0.5, 0.6) is 0 Å². The molecule has 0 radical (unpaired) electrons. The van der Waals surface area contributed by atoms with Crippen molar-refractivity contribution in [3.05, 3.63) is 27.4 Å². The smallest absolute Gasteiger partial charge is 0.387 e. The van der Waals surface area contributed by atoms with Gasteiger partial charge in [-0.05, 0) is 16.8 Å². The molecule has 1 aromatic heterocycles. The first-order valence-corrected chi connectivity index (χ1v) is 4.78. The molecule has 18 heavy (non-hydrogen) atoms. The topological polar surface area (TPSA) is 108 Å². The van der Waals surface area contributed by atoms with E-state index < -0.39 is 40.0 Å². The number of hydrogen-bond acceptors (Lipinski definition) is 6. The average molecular weight is 261 g/mol. The van der Waals surface area contributed by atoms with Crippen LogP contribution in [0.4, 0.5) is 20.3 Å². The van der Waals surface area contributed by atoms with Gasteiger partial charge in [-0.2, -0.15) is 0 Å². The summed E-state index contributed by atoms with van der Waals surface area (Å²) >= 11 is 0. The highest BCUT2D eigenvalue weighted by Gasteiger charge is 2.30. The number of rotatable bonds is 4. The maximum atomic E-state index is 12.8. The predicted molar refractivity (Wildman–Crippen MR) is 56.2 cm³/mol. The quantitative estimate of drug-likeness (QED) is 0.501. The summed E-state index contributed by atoms with van der Waals surface area (Å²) in [7, 11) is 0. The van der Waals surface area contributed by atoms with E-state index in [1.54, 1.807) is 0 Å². The number of anilines is 1. The number of pyridine rings is 1. The zero-order valence-corrected chi connectivity index (χ0v) is 9.22. The van der Waals surface area contributed by atoms with Crippen molar-refractivity contribution >= 4 is 17.5 Å². The lowest BCUT2D eigenvalue weighted by Gasteiger charge is -2.09. The number of carbonyl (C=O) groups is 1. The van der Waals surface area contributed by atoms with Crippen molar-refractivity contribution in [2.45, 2.75) is 13.3 Å². The van der Waals surface area contributed by atoms with Gasteiger partial charge in [-0.15, -0.1) is 0 Å². The Balaban J connectivity index is 3.41. The normalized spacial score (nSPS) is 10.4. The minimum absolute atomic E-state index is 0.0294. The van der Waals surface area contributed by atoms with E-state index in [1.807, 2.05) is 0 Å². The van der Waals surface area contributed by atoms with Crippen molar-refractivity contribution < 1.29 is 23.2 Å². The molecule has 0 spiro atoms. The summed E-state index contributed by atoms with van der Waals surface area (Å²) in [5.74, 6) is -1.97. The van der Waals surface area contributed by atoms with Gasteiger partial charge in [-0.25, -0.2) is 13.6 Å². The SMILES string of the molecule is CCOC(=O)c1cnc([N+](=O)[O-])c(N)c1C(F)F. The lowest BCUT2D eigenvalue weighted by Crippen LogP contribution is -2.13. The number of aromatic nitrogens is 1. The second-order valence-electron chi connectivity index (χ2n) is 3.10. The van der Waals surface area contributed by atoms with Gasteiger partial charge < -0.3 is 20.6 Å². The van der Waals surface area contributed by atoms with Gasteiger partial charge in [-0.1, -0.05) is 0 Å². The van der Waals surface area contributed by atoms with Crippen LogP contribution in [0.3, 0.4) is 0 Å². The van der Waals surface area contributed by atoms with Gasteiger partial charge in [0.2, 0.25) is 0 Å². The fourth-order valence-corrected chi connectivity index (χ4v) is 1.28. The van der Waals surface area contributed by atoms with Crippen LogP contribution in [-0.4, -0.2) is 22.5 Å². The Bertz CT molecular complexity index is 493. The molecule has 1 rings (SSSR count). The van der Waals surface area contributed by atoms with Crippen LogP contribution in [0.2, 0.25) is 0 Å². The van der Waals surface area contributed by atoms with Crippen LogP contribution in [0.1, 0.15) is 29.3 Å². The molecule has 98 valence electrons. The number of carbonyl (C=O) groups excluding carboxylic acids is 1. The summed E-state index contributed by atoms with van der Waals surface area (Å²) in [5, 5.41) is 10.5. The van der Waals surface area contributed by atoms with Gasteiger partial charge in [0, 0.05) is 0 Å². The van der Waals surface area contributed by atoms with Gasteiger partial charge in [0.15, 0.2) is 6.20 Å². The molecule has 0 aliphatic heterocycles. The van der Waals surface area contributed by atoms with E-state index in [2.05, 4.69) is 9.72 Å². The summed E-state index contributed by atoms with van der Waals surface area (Å²) < 4.78 is 30.1. The number of nitrogens with two attached hydrogens (primary N) is 1. The standard InChI is InChI=1S/C9H9F2N3O4/c1-2-18-9(15)4-3-13-8(14(16)17)6(12)5(4)7(10)11/h3,7H,2,12H2,1H3. The van der Waals surface area contributed by atoms with E-state index in [4.69, 9.17) is 5.73 Å². The third-order valence-corrected chi connectivity index (χ3v) is 2.02. The van der Waals surface area contributed by atoms with E-state index in [9.17, 15) is 23.7 Å². The zero-order valence-electron chi connectivity index (χ0n) is 9.22. The number of ether oxygens (including phenoxy) is 1. The molecule has 0 amide bonds. The largest absolute Gasteiger partial charge is 0.462 e. The van der Waals surface area contributed by atoms with Crippen molar-refractivity contribution in [3.63, 3.8) is 0 Å². The number of halogens is 2. The monoisotopic (exact) mass is 261 g/mol. The lowest BCUT2D eigenvalue weighted by atomic mass is 10.1. The summed E-state index contributed by atoms with van der Waals surface area (Å²) in [6.45, 7) is 1.46. The minimum atomic E-state index is -3.15. The first-order valence-electron chi connectivity index (χ1n) is 4.78. The number of nitro groups is 1. The Morgan fingerprint density at radius 3 is 2.72 bits per heavy atom. The Kier molecular flexibility index (Phi) is 4.08. The summed E-state index contributed by atoms with van der Waals surface area (Å²) in [4.78, 5) is 24.1. The molecular formula is C9H9F2N3O4. The molecule has 0 aromatic carbocycles. The minimum Gasteiger partial charge on any atom is -0.462 e. The van der Waals surface area contributed by atoms with E-state index in [-0.39, 0.29) is 6.61 Å². The van der Waals surface area contributed by atoms with Crippen molar-refractivity contribution in [2.75, 3.05) is 12.3 Å². The summed E-state index contributed by atoms with van der Waals surface area (Å²) in [6, 6.07) is 0. The zero-order chi connectivity index (χ0) is 13.9. The second-order valence-corrected chi connectivity index (χ2v) is 3.10. The van der Waals surface area contributed by atoms with Gasteiger partial charge in [0.1, 0.15) is 11.3 Å². The summed E-state index contributed by atoms with van der Waals surface area (Å²) in [5.41, 5.74) is 2.89. The molecule has 0 unspecified atom stereocenters. The van der Waals surface area contributed by atoms with Gasteiger partial charge in [-0.3, -0.25) is 0 Å². The number of nitrogen functional groups attached to an aromatic ring is 1. The first kappa shape index (κ1) is 13.7. The van der Waals surface area contributed by atoms with Crippen LogP contribution in [-0.2, 0) is 4.74 Å². The number of hydrogen-bond donors (Lipinski definition) is 1. The van der Waals surface area contributed by atoms with Crippen LogP contribution in [0.15, 0.2) is 6.20 Å². The third-order valence-electron chi connectivity index (χ3n) is 2.02. The van der Waals surface area contributed by atoms with Crippen LogP contribution < -0.4 is 5.73 Å². The number of esters is 1.